The molecule has 1 atom stereocenters. The lowest BCUT2D eigenvalue weighted by Crippen LogP contribution is -2.44. The third-order valence-corrected chi connectivity index (χ3v) is 8.37. The quantitative estimate of drug-likeness (QED) is 0.541. The van der Waals surface area contributed by atoms with Crippen molar-refractivity contribution in [3.8, 4) is 0 Å². The van der Waals surface area contributed by atoms with Crippen LogP contribution < -0.4 is 5.32 Å². The summed E-state index contributed by atoms with van der Waals surface area (Å²) in [7, 11) is -2.15. The average molecular weight is 496 g/mol. The van der Waals surface area contributed by atoms with E-state index in [1.807, 2.05) is 36.4 Å². The molecule has 176 valence electrons. The molecule has 0 aromatic heterocycles. The van der Waals surface area contributed by atoms with E-state index in [1.165, 1.54) is 35.2 Å². The molecule has 1 heterocycles. The minimum absolute atomic E-state index is 0.140. The van der Waals surface area contributed by atoms with Crippen molar-refractivity contribution in [2.24, 2.45) is 0 Å². The van der Waals surface area contributed by atoms with Gasteiger partial charge in [0.25, 0.3) is 5.91 Å². The molecule has 34 heavy (non-hydrogen) atoms. The largest absolute Gasteiger partial charge is 0.324 e. The molecule has 7 nitrogen and oxygen atoms in total. The minimum atomic E-state index is -3.68. The number of rotatable bonds is 7. The van der Waals surface area contributed by atoms with Crippen LogP contribution in [0.5, 0.6) is 0 Å². The number of carbonyl (C=O) groups is 2. The fraction of sp³-hybridized carbons (Fsp3) is 0.200. The molecule has 0 aliphatic carbocycles. The van der Waals surface area contributed by atoms with Crippen molar-refractivity contribution in [2.45, 2.75) is 17.5 Å². The summed E-state index contributed by atoms with van der Waals surface area (Å²) in [6.45, 7) is 0.256. The van der Waals surface area contributed by atoms with E-state index in [0.717, 1.165) is 5.56 Å². The molecule has 1 saturated heterocycles. The van der Waals surface area contributed by atoms with E-state index in [-0.39, 0.29) is 23.3 Å². The first kappa shape index (κ1) is 24.0. The van der Waals surface area contributed by atoms with Crippen LogP contribution in [0.15, 0.2) is 89.8 Å². The first-order valence-electron chi connectivity index (χ1n) is 10.7. The lowest BCUT2D eigenvalue weighted by molar-refractivity contribution is -0.119. The maximum Gasteiger partial charge on any atom is 0.255 e. The highest BCUT2D eigenvalue weighted by Gasteiger charge is 2.35. The van der Waals surface area contributed by atoms with Crippen LogP contribution in [0.25, 0.3) is 0 Å². The van der Waals surface area contributed by atoms with Gasteiger partial charge in [0.1, 0.15) is 6.04 Å². The van der Waals surface area contributed by atoms with Gasteiger partial charge < -0.3 is 10.2 Å². The summed E-state index contributed by atoms with van der Waals surface area (Å²) in [5.74, 6) is 0.456. The Balaban J connectivity index is 1.42. The highest BCUT2D eigenvalue weighted by Crippen LogP contribution is 2.25. The van der Waals surface area contributed by atoms with Gasteiger partial charge in [-0.15, -0.1) is 11.8 Å². The van der Waals surface area contributed by atoms with Crippen LogP contribution in [-0.2, 0) is 21.4 Å². The number of sulfonamides is 1. The molecule has 4 rings (SSSR count). The summed E-state index contributed by atoms with van der Waals surface area (Å²) < 4.78 is 27.1. The maximum atomic E-state index is 12.9. The zero-order valence-corrected chi connectivity index (χ0v) is 20.3. The number of hydrogen-bond donors (Lipinski definition) is 1. The standard InChI is InChI=1S/C25H25N3O4S2/c1-27(16-19-8-4-2-5-9-19)34(31,32)22-14-12-21(13-15-22)26-24(29)23-17-33-18-28(23)25(30)20-10-6-3-7-11-20/h2-15,23H,16-18H2,1H3,(H,26,29)/t23-/m0/s1. The van der Waals surface area contributed by atoms with Crippen molar-refractivity contribution in [3.05, 3.63) is 96.1 Å². The average Bonchev–Trinajstić information content (AvgIpc) is 3.35. The van der Waals surface area contributed by atoms with Gasteiger partial charge in [0.2, 0.25) is 15.9 Å². The summed E-state index contributed by atoms with van der Waals surface area (Å²) >= 11 is 1.52. The third-order valence-electron chi connectivity index (χ3n) is 5.54. The summed E-state index contributed by atoms with van der Waals surface area (Å²) in [4.78, 5) is 27.4. The number of anilines is 1. The normalized spacial score (nSPS) is 15.9. The van der Waals surface area contributed by atoms with Crippen LogP contribution in [0.1, 0.15) is 15.9 Å². The highest BCUT2D eigenvalue weighted by molar-refractivity contribution is 7.99. The van der Waals surface area contributed by atoms with Crippen molar-refractivity contribution in [3.63, 3.8) is 0 Å². The van der Waals surface area contributed by atoms with Crippen LogP contribution in [0, 0.1) is 0 Å². The molecular formula is C25H25N3O4S2. The van der Waals surface area contributed by atoms with Crippen molar-refractivity contribution in [1.29, 1.82) is 0 Å². The Kier molecular flexibility index (Phi) is 7.35. The SMILES string of the molecule is CN(Cc1ccccc1)S(=O)(=O)c1ccc(NC(=O)[C@@H]2CSCN2C(=O)c2ccccc2)cc1. The summed E-state index contributed by atoms with van der Waals surface area (Å²) in [6.07, 6.45) is 0. The van der Waals surface area contributed by atoms with Gasteiger partial charge in [-0.2, -0.15) is 4.31 Å². The van der Waals surface area contributed by atoms with Gasteiger partial charge in [-0.3, -0.25) is 9.59 Å². The molecule has 1 aliphatic heterocycles. The lowest BCUT2D eigenvalue weighted by Gasteiger charge is -2.23. The molecule has 1 N–H and O–H groups in total. The Hall–Kier alpha value is -3.14. The molecular weight excluding hydrogens is 470 g/mol. The molecule has 3 aromatic rings. The van der Waals surface area contributed by atoms with Crippen molar-refractivity contribution in [2.75, 3.05) is 24.0 Å². The number of nitrogens with zero attached hydrogens (tertiary/aromatic N) is 2. The zero-order chi connectivity index (χ0) is 24.1. The molecule has 1 aliphatic rings. The van der Waals surface area contributed by atoms with Gasteiger partial charge in [0.15, 0.2) is 0 Å². The summed E-state index contributed by atoms with van der Waals surface area (Å²) in [5, 5.41) is 2.81. The van der Waals surface area contributed by atoms with E-state index < -0.39 is 16.1 Å². The summed E-state index contributed by atoms with van der Waals surface area (Å²) in [5.41, 5.74) is 1.90. The van der Waals surface area contributed by atoms with E-state index in [0.29, 0.717) is 22.9 Å². The van der Waals surface area contributed by atoms with Gasteiger partial charge in [-0.25, -0.2) is 8.42 Å². The van der Waals surface area contributed by atoms with Crippen molar-refractivity contribution < 1.29 is 18.0 Å². The molecule has 0 radical (unpaired) electrons. The Morgan fingerprint density at radius 2 is 1.59 bits per heavy atom. The second kappa shape index (κ2) is 10.4. The fourth-order valence-corrected chi connectivity index (χ4v) is 5.96. The van der Waals surface area contributed by atoms with E-state index in [1.54, 1.807) is 41.3 Å². The Bertz CT molecular complexity index is 1250. The van der Waals surface area contributed by atoms with Gasteiger partial charge in [0, 0.05) is 30.6 Å². The van der Waals surface area contributed by atoms with Crippen molar-refractivity contribution >= 4 is 39.3 Å². The number of nitrogens with one attached hydrogen (secondary N) is 1. The second-order valence-corrected chi connectivity index (χ2v) is 11.0. The van der Waals surface area contributed by atoms with E-state index in [2.05, 4.69) is 5.32 Å². The Labute approximate surface area is 203 Å². The van der Waals surface area contributed by atoms with Crippen LogP contribution in [0.3, 0.4) is 0 Å². The molecule has 0 unspecified atom stereocenters. The van der Waals surface area contributed by atoms with Crippen LogP contribution in [-0.4, -0.2) is 54.2 Å². The highest BCUT2D eigenvalue weighted by atomic mass is 32.2. The number of amides is 2. The molecule has 0 saturated carbocycles. The Morgan fingerprint density at radius 1 is 0.971 bits per heavy atom. The van der Waals surface area contributed by atoms with Crippen LogP contribution in [0.4, 0.5) is 5.69 Å². The smallest absolute Gasteiger partial charge is 0.255 e. The minimum Gasteiger partial charge on any atom is -0.324 e. The van der Waals surface area contributed by atoms with Crippen molar-refractivity contribution in [1.82, 2.24) is 9.21 Å². The van der Waals surface area contributed by atoms with Crippen LogP contribution in [0.2, 0.25) is 0 Å². The number of hydrogen-bond acceptors (Lipinski definition) is 5. The first-order chi connectivity index (χ1) is 16.4. The number of thioether (sulfide) groups is 1. The first-order valence-corrected chi connectivity index (χ1v) is 13.3. The summed E-state index contributed by atoms with van der Waals surface area (Å²) in [6, 6.07) is 23.7. The van der Waals surface area contributed by atoms with E-state index in [9.17, 15) is 18.0 Å². The Morgan fingerprint density at radius 3 is 2.24 bits per heavy atom. The lowest BCUT2D eigenvalue weighted by atomic mass is 10.1. The van der Waals surface area contributed by atoms with E-state index in [4.69, 9.17) is 0 Å². The number of carbonyl (C=O) groups excluding carboxylic acids is 2. The van der Waals surface area contributed by atoms with Gasteiger partial charge in [-0.1, -0.05) is 48.5 Å². The molecule has 9 heteroatoms. The molecule has 0 bridgehead atoms. The predicted molar refractivity (Wildman–Crippen MR) is 134 cm³/mol. The second-order valence-electron chi connectivity index (χ2n) is 7.92. The monoisotopic (exact) mass is 495 g/mol. The number of benzene rings is 3. The third kappa shape index (κ3) is 5.32. The maximum absolute atomic E-state index is 12.9. The predicted octanol–water partition coefficient (Wildman–Crippen LogP) is 3.66. The van der Waals surface area contributed by atoms with Gasteiger partial charge in [0.05, 0.1) is 10.8 Å². The molecule has 3 aromatic carbocycles. The molecule has 0 spiro atoms. The fourth-order valence-electron chi connectivity index (χ4n) is 3.65. The molecule has 1 fully saturated rings. The van der Waals surface area contributed by atoms with Gasteiger partial charge >= 0.3 is 0 Å². The van der Waals surface area contributed by atoms with Gasteiger partial charge in [-0.05, 0) is 42.0 Å². The molecule has 2 amide bonds. The van der Waals surface area contributed by atoms with Crippen LogP contribution >= 0.6 is 11.8 Å². The topological polar surface area (TPSA) is 86.8 Å². The van der Waals surface area contributed by atoms with E-state index >= 15 is 0 Å². The zero-order valence-electron chi connectivity index (χ0n) is 18.6.